The molecule has 3 heteroatoms. The molecule has 3 aromatic carbocycles. The van der Waals surface area contributed by atoms with Gasteiger partial charge in [-0.3, -0.25) is 4.79 Å². The van der Waals surface area contributed by atoms with E-state index in [-0.39, 0.29) is 0 Å². The zero-order valence-electron chi connectivity index (χ0n) is 30.5. The number of carbonyl (C=O) groups is 1. The first kappa shape index (κ1) is 37.0. The van der Waals surface area contributed by atoms with Gasteiger partial charge in [-0.2, -0.15) is 0 Å². The predicted molar refractivity (Wildman–Crippen MR) is 208 cm³/mol. The SMILES string of the molecule is CCCCCCCCCCN1c2ccc(C=C(CC)CC)cc2CCc2cc(/C=C(\CCC)c3ccc(/C=C(/C)OC=O)cc3)ccc21. The Bertz CT molecular complexity index is 1540. The molecule has 0 saturated heterocycles. The third-order valence-electron chi connectivity index (χ3n) is 9.71. The first-order valence-electron chi connectivity index (χ1n) is 18.8. The number of hydrogen-bond acceptors (Lipinski definition) is 3. The second-order valence-corrected chi connectivity index (χ2v) is 13.4. The minimum absolute atomic E-state index is 0.474. The molecule has 48 heavy (non-hydrogen) atoms. The van der Waals surface area contributed by atoms with Crippen LogP contribution in [0.5, 0.6) is 0 Å². The fraction of sp³-hybridized carbons (Fsp3) is 0.444. The fourth-order valence-corrected chi connectivity index (χ4v) is 6.96. The van der Waals surface area contributed by atoms with Crippen molar-refractivity contribution in [2.24, 2.45) is 0 Å². The van der Waals surface area contributed by atoms with Gasteiger partial charge < -0.3 is 9.64 Å². The quantitative estimate of drug-likeness (QED) is 0.0562. The van der Waals surface area contributed by atoms with E-state index < -0.39 is 0 Å². The maximum absolute atomic E-state index is 10.7. The van der Waals surface area contributed by atoms with Gasteiger partial charge in [-0.25, -0.2) is 0 Å². The summed E-state index contributed by atoms with van der Waals surface area (Å²) in [6.45, 7) is 12.4. The van der Waals surface area contributed by atoms with E-state index in [0.717, 1.165) is 50.6 Å². The third-order valence-corrected chi connectivity index (χ3v) is 9.71. The van der Waals surface area contributed by atoms with Gasteiger partial charge in [-0.15, -0.1) is 0 Å². The Morgan fingerprint density at radius 2 is 1.23 bits per heavy atom. The van der Waals surface area contributed by atoms with Crippen LogP contribution in [0.15, 0.2) is 72.0 Å². The molecule has 1 aliphatic rings. The molecule has 4 rings (SSSR count). The van der Waals surface area contributed by atoms with E-state index in [1.165, 1.54) is 102 Å². The Balaban J connectivity index is 1.61. The van der Waals surface area contributed by atoms with Crippen molar-refractivity contribution in [2.75, 3.05) is 11.4 Å². The highest BCUT2D eigenvalue weighted by Crippen LogP contribution is 2.38. The Morgan fingerprint density at radius 3 is 1.79 bits per heavy atom. The van der Waals surface area contributed by atoms with Crippen LogP contribution in [0, 0.1) is 0 Å². The van der Waals surface area contributed by atoms with Gasteiger partial charge in [0, 0.05) is 17.9 Å². The van der Waals surface area contributed by atoms with E-state index in [1.807, 2.05) is 6.08 Å². The molecule has 0 radical (unpaired) electrons. The first-order valence-corrected chi connectivity index (χ1v) is 18.8. The molecule has 0 saturated carbocycles. The van der Waals surface area contributed by atoms with Crippen molar-refractivity contribution < 1.29 is 9.53 Å². The van der Waals surface area contributed by atoms with Gasteiger partial charge >= 0.3 is 0 Å². The average molecular weight is 646 g/mol. The number of unbranched alkanes of at least 4 members (excludes halogenated alkanes) is 7. The van der Waals surface area contributed by atoms with E-state index in [1.54, 1.807) is 6.92 Å². The summed E-state index contributed by atoms with van der Waals surface area (Å²) in [7, 11) is 0. The van der Waals surface area contributed by atoms with Crippen LogP contribution >= 0.6 is 0 Å². The highest BCUT2D eigenvalue weighted by atomic mass is 16.5. The lowest BCUT2D eigenvalue weighted by molar-refractivity contribution is -0.124. The highest BCUT2D eigenvalue weighted by Gasteiger charge is 2.21. The summed E-state index contributed by atoms with van der Waals surface area (Å²) in [5.41, 5.74) is 13.4. The minimum Gasteiger partial charge on any atom is -0.434 e. The largest absolute Gasteiger partial charge is 0.434 e. The van der Waals surface area contributed by atoms with Crippen LogP contribution in [0.3, 0.4) is 0 Å². The Labute approximate surface area is 291 Å². The molecular weight excluding hydrogens is 587 g/mol. The monoisotopic (exact) mass is 645 g/mol. The highest BCUT2D eigenvalue weighted by molar-refractivity contribution is 5.83. The number of benzene rings is 3. The number of hydrogen-bond donors (Lipinski definition) is 0. The van der Waals surface area contributed by atoms with Crippen LogP contribution in [0.4, 0.5) is 11.4 Å². The number of ether oxygens (including phenoxy) is 1. The van der Waals surface area contributed by atoms with Crippen molar-refractivity contribution in [1.29, 1.82) is 0 Å². The molecule has 0 N–H and O–H groups in total. The van der Waals surface area contributed by atoms with Gasteiger partial charge in [0.15, 0.2) is 0 Å². The number of aryl methyl sites for hydroxylation is 2. The molecule has 256 valence electrons. The number of allylic oxidation sites excluding steroid dienone is 3. The summed E-state index contributed by atoms with van der Waals surface area (Å²) in [6.07, 6.45) is 23.8. The van der Waals surface area contributed by atoms with Crippen molar-refractivity contribution >= 4 is 41.6 Å². The van der Waals surface area contributed by atoms with E-state index >= 15 is 0 Å². The van der Waals surface area contributed by atoms with E-state index in [9.17, 15) is 4.79 Å². The van der Waals surface area contributed by atoms with Gasteiger partial charge in [0.25, 0.3) is 6.47 Å². The maximum Gasteiger partial charge on any atom is 0.298 e. The summed E-state index contributed by atoms with van der Waals surface area (Å²) in [6, 6.07) is 22.9. The average Bonchev–Trinajstić information content (AvgIpc) is 3.24. The third kappa shape index (κ3) is 10.8. The molecular formula is C45H59NO2. The van der Waals surface area contributed by atoms with Crippen molar-refractivity contribution in [2.45, 2.75) is 125 Å². The standard InChI is InChI=1S/C45H59NO2/c1-6-10-11-12-13-14-15-16-28-46-44-26-20-38(30-36(8-3)9-4)32-42(44)24-25-43-33-39(21-27-45(43)46)31-41(17-7-2)40-22-18-37(19-23-40)29-35(5)48-34-47/h18-23,26-27,29-34H,6-17,24-25,28H2,1-5H3/b35-29-,41-31+. The van der Waals surface area contributed by atoms with Crippen LogP contribution in [-0.2, 0) is 22.4 Å². The lowest BCUT2D eigenvalue weighted by Gasteiger charge is -2.27. The van der Waals surface area contributed by atoms with Crippen LogP contribution in [-0.4, -0.2) is 13.0 Å². The maximum atomic E-state index is 10.7. The molecule has 0 spiro atoms. The number of anilines is 2. The molecule has 1 aliphatic heterocycles. The van der Waals surface area contributed by atoms with E-state index in [0.29, 0.717) is 12.2 Å². The Hall–Kier alpha value is -3.85. The second-order valence-electron chi connectivity index (χ2n) is 13.4. The summed E-state index contributed by atoms with van der Waals surface area (Å²) >= 11 is 0. The summed E-state index contributed by atoms with van der Waals surface area (Å²) in [4.78, 5) is 13.3. The molecule has 0 aliphatic carbocycles. The van der Waals surface area contributed by atoms with Crippen LogP contribution in [0.2, 0.25) is 0 Å². The summed E-state index contributed by atoms with van der Waals surface area (Å²) < 4.78 is 4.97. The van der Waals surface area contributed by atoms with Crippen molar-refractivity contribution in [3.8, 4) is 0 Å². The van der Waals surface area contributed by atoms with E-state index in [2.05, 4.69) is 105 Å². The Kier molecular flexibility index (Phi) is 15.3. The van der Waals surface area contributed by atoms with Crippen molar-refractivity contribution in [3.63, 3.8) is 0 Å². The summed E-state index contributed by atoms with van der Waals surface area (Å²) in [5.74, 6) is 0.588. The molecule has 0 bridgehead atoms. The zero-order valence-corrected chi connectivity index (χ0v) is 30.5. The van der Waals surface area contributed by atoms with Gasteiger partial charge in [-0.1, -0.05) is 133 Å². The van der Waals surface area contributed by atoms with E-state index in [4.69, 9.17) is 4.74 Å². The fourth-order valence-electron chi connectivity index (χ4n) is 6.96. The van der Waals surface area contributed by atoms with Crippen molar-refractivity contribution in [3.05, 3.63) is 105 Å². The molecule has 0 atom stereocenters. The zero-order chi connectivity index (χ0) is 34.1. The second kappa shape index (κ2) is 19.8. The number of fused-ring (bicyclic) bond motifs is 2. The molecule has 0 aromatic heterocycles. The smallest absolute Gasteiger partial charge is 0.298 e. The molecule has 3 aromatic rings. The molecule has 0 fully saturated rings. The van der Waals surface area contributed by atoms with Crippen LogP contribution < -0.4 is 4.90 Å². The molecule has 0 amide bonds. The topological polar surface area (TPSA) is 29.5 Å². The number of carbonyl (C=O) groups excluding carboxylic acids is 1. The van der Waals surface area contributed by atoms with Crippen LogP contribution in [0.25, 0.3) is 23.8 Å². The van der Waals surface area contributed by atoms with Gasteiger partial charge in [0.2, 0.25) is 0 Å². The molecule has 0 unspecified atom stereocenters. The normalized spacial score (nSPS) is 13.1. The number of rotatable bonds is 19. The lowest BCUT2D eigenvalue weighted by Crippen LogP contribution is -2.20. The minimum atomic E-state index is 0.474. The predicted octanol–water partition coefficient (Wildman–Crippen LogP) is 13.1. The molecule has 3 nitrogen and oxygen atoms in total. The summed E-state index contributed by atoms with van der Waals surface area (Å²) in [5, 5.41) is 0. The molecule has 1 heterocycles. The van der Waals surface area contributed by atoms with Gasteiger partial charge in [0.05, 0.1) is 0 Å². The van der Waals surface area contributed by atoms with Gasteiger partial charge in [-0.05, 0) is 115 Å². The van der Waals surface area contributed by atoms with Crippen molar-refractivity contribution in [1.82, 2.24) is 0 Å². The Morgan fingerprint density at radius 1 is 0.667 bits per heavy atom. The lowest BCUT2D eigenvalue weighted by atomic mass is 9.96. The van der Waals surface area contributed by atoms with Gasteiger partial charge in [0.1, 0.15) is 5.76 Å². The number of nitrogens with zero attached hydrogens (tertiary/aromatic N) is 1. The van der Waals surface area contributed by atoms with Crippen LogP contribution in [0.1, 0.15) is 145 Å². The first-order chi connectivity index (χ1) is 23.5.